The molecule has 22 heavy (non-hydrogen) atoms. The van der Waals surface area contributed by atoms with Crippen LogP contribution in [0.2, 0.25) is 0 Å². The molecule has 118 valence electrons. The number of thiophene rings is 1. The molecule has 1 aliphatic rings. The number of aromatic nitrogens is 2. The molecule has 2 N–H and O–H groups in total. The van der Waals surface area contributed by atoms with Crippen LogP contribution in [0.4, 0.5) is 0 Å². The Morgan fingerprint density at radius 1 is 1.32 bits per heavy atom. The van der Waals surface area contributed by atoms with Crippen molar-refractivity contribution in [1.82, 2.24) is 14.5 Å². The number of rotatable bonds is 2. The molecule has 0 atom stereocenters. The van der Waals surface area contributed by atoms with Gasteiger partial charge in [-0.3, -0.25) is 14.2 Å². The zero-order valence-electron chi connectivity index (χ0n) is 13.0. The Hall–Kier alpha value is -1.73. The van der Waals surface area contributed by atoms with Gasteiger partial charge in [0.25, 0.3) is 11.5 Å². The largest absolute Gasteiger partial charge is 0.365 e. The third-order valence-corrected chi connectivity index (χ3v) is 5.65. The molecule has 0 aromatic carbocycles. The molecule has 1 amide bonds. The fourth-order valence-electron chi connectivity index (χ4n) is 3.22. The topological polar surface area (TPSA) is 81.2 Å². The molecule has 1 saturated heterocycles. The summed E-state index contributed by atoms with van der Waals surface area (Å²) in [5.74, 6) is 0.215. The van der Waals surface area contributed by atoms with Crippen molar-refractivity contribution in [3.05, 3.63) is 26.6 Å². The van der Waals surface area contributed by atoms with Gasteiger partial charge in [-0.25, -0.2) is 4.98 Å². The maximum Gasteiger partial charge on any atom is 0.262 e. The lowest BCUT2D eigenvalue weighted by Gasteiger charge is -2.30. The van der Waals surface area contributed by atoms with E-state index in [1.54, 1.807) is 11.5 Å². The van der Waals surface area contributed by atoms with Gasteiger partial charge in [-0.15, -0.1) is 11.3 Å². The predicted octanol–water partition coefficient (Wildman–Crippen LogP) is 1.44. The van der Waals surface area contributed by atoms with Crippen LogP contribution in [0.15, 0.2) is 4.79 Å². The molecule has 6 nitrogen and oxygen atoms in total. The molecule has 3 heterocycles. The third kappa shape index (κ3) is 2.34. The molecule has 7 heteroatoms. The van der Waals surface area contributed by atoms with Crippen molar-refractivity contribution >= 4 is 27.5 Å². The number of fused-ring (bicyclic) bond motifs is 1. The minimum Gasteiger partial charge on any atom is -0.365 e. The Morgan fingerprint density at radius 2 is 1.95 bits per heavy atom. The molecule has 0 bridgehead atoms. The number of aryl methyl sites for hydroxylation is 2. The number of amides is 1. The Kier molecular flexibility index (Phi) is 3.78. The fourth-order valence-corrected chi connectivity index (χ4v) is 4.28. The van der Waals surface area contributed by atoms with Gasteiger partial charge in [0.1, 0.15) is 10.7 Å². The molecule has 0 radical (unpaired) electrons. The van der Waals surface area contributed by atoms with E-state index >= 15 is 0 Å². The van der Waals surface area contributed by atoms with Gasteiger partial charge in [-0.2, -0.15) is 0 Å². The molecule has 1 aliphatic heterocycles. The number of carbonyl (C=O) groups excluding carboxylic acids is 1. The standard InChI is InChI=1S/C15H20N4O2S/c1-8-11-14(22-12(8)13(16)20)17-9(2)19(15(11)21)10-4-6-18(3)7-5-10/h10H,4-7H2,1-3H3,(H2,16,20). The van der Waals surface area contributed by atoms with E-state index in [4.69, 9.17) is 5.73 Å². The van der Waals surface area contributed by atoms with Crippen LogP contribution >= 0.6 is 11.3 Å². The van der Waals surface area contributed by atoms with Crippen LogP contribution in [-0.2, 0) is 0 Å². The average molecular weight is 320 g/mol. The van der Waals surface area contributed by atoms with Crippen LogP contribution in [0.5, 0.6) is 0 Å². The smallest absolute Gasteiger partial charge is 0.262 e. The van der Waals surface area contributed by atoms with Crippen molar-refractivity contribution in [2.75, 3.05) is 20.1 Å². The maximum absolute atomic E-state index is 13.0. The van der Waals surface area contributed by atoms with E-state index in [0.717, 1.165) is 25.9 Å². The van der Waals surface area contributed by atoms with Crippen LogP contribution in [0.1, 0.15) is 39.9 Å². The second-order valence-electron chi connectivity index (χ2n) is 5.97. The molecule has 0 unspecified atom stereocenters. The number of piperidine rings is 1. The summed E-state index contributed by atoms with van der Waals surface area (Å²) in [5, 5.41) is 0.545. The number of hydrogen-bond acceptors (Lipinski definition) is 5. The molecule has 0 saturated carbocycles. The van der Waals surface area contributed by atoms with Crippen molar-refractivity contribution in [2.45, 2.75) is 32.7 Å². The second kappa shape index (κ2) is 5.48. The highest BCUT2D eigenvalue weighted by atomic mass is 32.1. The summed E-state index contributed by atoms with van der Waals surface area (Å²) in [7, 11) is 2.09. The van der Waals surface area contributed by atoms with Crippen molar-refractivity contribution in [3.63, 3.8) is 0 Å². The lowest BCUT2D eigenvalue weighted by Crippen LogP contribution is -2.36. The quantitative estimate of drug-likeness (QED) is 0.908. The summed E-state index contributed by atoms with van der Waals surface area (Å²) in [6, 6.07) is 0.178. The Balaban J connectivity index is 2.18. The first kappa shape index (κ1) is 15.2. The van der Waals surface area contributed by atoms with E-state index in [1.165, 1.54) is 11.3 Å². The van der Waals surface area contributed by atoms with Gasteiger partial charge >= 0.3 is 0 Å². The van der Waals surface area contributed by atoms with Gasteiger partial charge in [0.05, 0.1) is 10.3 Å². The molecular weight excluding hydrogens is 300 g/mol. The summed E-state index contributed by atoms with van der Waals surface area (Å²) in [6.45, 7) is 5.59. The zero-order chi connectivity index (χ0) is 16.0. The summed E-state index contributed by atoms with van der Waals surface area (Å²) >= 11 is 1.21. The maximum atomic E-state index is 13.0. The highest BCUT2D eigenvalue weighted by molar-refractivity contribution is 7.20. The van der Waals surface area contributed by atoms with Crippen molar-refractivity contribution in [1.29, 1.82) is 0 Å². The van der Waals surface area contributed by atoms with E-state index in [2.05, 4.69) is 16.9 Å². The number of hydrogen-bond donors (Lipinski definition) is 1. The highest BCUT2D eigenvalue weighted by Gasteiger charge is 2.24. The van der Waals surface area contributed by atoms with E-state index in [9.17, 15) is 9.59 Å². The van der Waals surface area contributed by atoms with Crippen LogP contribution < -0.4 is 11.3 Å². The van der Waals surface area contributed by atoms with E-state index in [0.29, 0.717) is 26.5 Å². The van der Waals surface area contributed by atoms with Gasteiger partial charge in [0.2, 0.25) is 0 Å². The lowest BCUT2D eigenvalue weighted by molar-refractivity contribution is 0.100. The molecule has 2 aromatic rings. The SMILES string of the molecule is Cc1c(C(N)=O)sc2nc(C)n(C3CCN(C)CC3)c(=O)c12. The van der Waals surface area contributed by atoms with Crippen LogP contribution in [0.25, 0.3) is 10.2 Å². The Labute approximate surface area is 132 Å². The first-order chi connectivity index (χ1) is 10.4. The van der Waals surface area contributed by atoms with E-state index in [1.807, 2.05) is 6.92 Å². The summed E-state index contributed by atoms with van der Waals surface area (Å²) < 4.78 is 1.81. The molecule has 2 aromatic heterocycles. The predicted molar refractivity (Wildman–Crippen MR) is 87.6 cm³/mol. The van der Waals surface area contributed by atoms with Crippen molar-refractivity contribution in [3.8, 4) is 0 Å². The Bertz CT molecular complexity index is 800. The molecular formula is C15H20N4O2S. The van der Waals surface area contributed by atoms with Crippen LogP contribution in [0, 0.1) is 13.8 Å². The number of nitrogens with two attached hydrogens (primary N) is 1. The molecule has 0 aliphatic carbocycles. The molecule has 0 spiro atoms. The minimum atomic E-state index is -0.497. The Morgan fingerprint density at radius 3 is 2.55 bits per heavy atom. The number of likely N-dealkylation sites (tertiary alicyclic amines) is 1. The number of primary amides is 1. The molecule has 1 fully saturated rings. The minimum absolute atomic E-state index is 0.0432. The van der Waals surface area contributed by atoms with E-state index < -0.39 is 5.91 Å². The normalized spacial score (nSPS) is 17.2. The summed E-state index contributed by atoms with van der Waals surface area (Å²) in [5.41, 5.74) is 6.01. The van der Waals surface area contributed by atoms with E-state index in [-0.39, 0.29) is 11.6 Å². The van der Waals surface area contributed by atoms with Crippen LogP contribution in [-0.4, -0.2) is 40.5 Å². The van der Waals surface area contributed by atoms with Crippen LogP contribution in [0.3, 0.4) is 0 Å². The first-order valence-electron chi connectivity index (χ1n) is 7.40. The van der Waals surface area contributed by atoms with Gasteiger partial charge in [0.15, 0.2) is 0 Å². The fraction of sp³-hybridized carbons (Fsp3) is 0.533. The monoisotopic (exact) mass is 320 g/mol. The summed E-state index contributed by atoms with van der Waals surface area (Å²) in [4.78, 5) is 32.3. The van der Waals surface area contributed by atoms with Gasteiger partial charge in [0, 0.05) is 6.04 Å². The highest BCUT2D eigenvalue weighted by Crippen LogP contribution is 2.29. The third-order valence-electron chi connectivity index (χ3n) is 4.45. The molecule has 3 rings (SSSR count). The van der Waals surface area contributed by atoms with Crippen molar-refractivity contribution < 1.29 is 4.79 Å². The first-order valence-corrected chi connectivity index (χ1v) is 8.22. The second-order valence-corrected chi connectivity index (χ2v) is 6.97. The summed E-state index contributed by atoms with van der Waals surface area (Å²) in [6.07, 6.45) is 1.88. The van der Waals surface area contributed by atoms with Gasteiger partial charge < -0.3 is 10.6 Å². The van der Waals surface area contributed by atoms with Gasteiger partial charge in [-0.1, -0.05) is 0 Å². The average Bonchev–Trinajstić information content (AvgIpc) is 2.78. The lowest BCUT2D eigenvalue weighted by atomic mass is 10.0. The zero-order valence-corrected chi connectivity index (χ0v) is 13.9. The van der Waals surface area contributed by atoms with Crippen molar-refractivity contribution in [2.24, 2.45) is 5.73 Å². The number of nitrogens with zero attached hydrogens (tertiary/aromatic N) is 3. The van der Waals surface area contributed by atoms with Gasteiger partial charge in [-0.05, 0) is 52.4 Å². The number of carbonyl (C=O) groups is 1.